The average Bonchev–Trinajstić information content (AvgIpc) is 2.52. The van der Waals surface area contributed by atoms with Gasteiger partial charge in [-0.3, -0.25) is 0 Å². The van der Waals surface area contributed by atoms with Crippen LogP contribution in [-0.4, -0.2) is 24.6 Å². The van der Waals surface area contributed by atoms with Gasteiger partial charge in [0, 0.05) is 23.8 Å². The van der Waals surface area contributed by atoms with Crippen molar-refractivity contribution in [2.24, 2.45) is 0 Å². The van der Waals surface area contributed by atoms with Gasteiger partial charge >= 0.3 is 6.03 Å². The van der Waals surface area contributed by atoms with Gasteiger partial charge in [0.1, 0.15) is 5.75 Å². The highest BCUT2D eigenvalue weighted by Gasteiger charge is 2.12. The van der Waals surface area contributed by atoms with Gasteiger partial charge in [0.25, 0.3) is 0 Å². The van der Waals surface area contributed by atoms with Crippen LogP contribution >= 0.6 is 27.5 Å². The first kappa shape index (κ1) is 17.6. The van der Waals surface area contributed by atoms with Gasteiger partial charge < -0.3 is 15.0 Å². The molecule has 0 saturated carbocycles. The molecule has 0 fully saturated rings. The molecule has 0 unspecified atom stereocenters. The number of amides is 2. The van der Waals surface area contributed by atoms with Gasteiger partial charge in [-0.05, 0) is 36.8 Å². The van der Waals surface area contributed by atoms with Crippen molar-refractivity contribution >= 4 is 39.2 Å². The number of nitrogens with zero attached hydrogens (tertiary/aromatic N) is 1. The lowest BCUT2D eigenvalue weighted by Gasteiger charge is -2.19. The van der Waals surface area contributed by atoms with Gasteiger partial charge in [0.05, 0.1) is 11.6 Å². The Labute approximate surface area is 149 Å². The standard InChI is InChI=1S/C17H18BrClN2O2/c1-3-23-16-9-8-13(10-15(16)19)20-17(22)21(2)11-12-6-4-5-7-14(12)18/h4-10H,3,11H2,1-2H3,(H,20,22). The number of urea groups is 1. The fourth-order valence-corrected chi connectivity index (χ4v) is 2.67. The smallest absolute Gasteiger partial charge is 0.321 e. The Morgan fingerprint density at radius 2 is 2.04 bits per heavy atom. The highest BCUT2D eigenvalue weighted by atomic mass is 79.9. The van der Waals surface area contributed by atoms with Gasteiger partial charge in [-0.1, -0.05) is 45.7 Å². The van der Waals surface area contributed by atoms with Gasteiger partial charge in [0.15, 0.2) is 0 Å². The molecule has 2 rings (SSSR count). The third-order valence-corrected chi connectivity index (χ3v) is 4.26. The minimum absolute atomic E-state index is 0.207. The summed E-state index contributed by atoms with van der Waals surface area (Å²) >= 11 is 9.61. The highest BCUT2D eigenvalue weighted by Crippen LogP contribution is 2.27. The maximum atomic E-state index is 12.3. The molecule has 0 spiro atoms. The van der Waals surface area contributed by atoms with E-state index in [1.54, 1.807) is 30.1 Å². The molecular formula is C17H18BrClN2O2. The number of ether oxygens (including phenoxy) is 1. The van der Waals surface area contributed by atoms with Crippen molar-refractivity contribution < 1.29 is 9.53 Å². The summed E-state index contributed by atoms with van der Waals surface area (Å²) in [6.07, 6.45) is 0. The highest BCUT2D eigenvalue weighted by molar-refractivity contribution is 9.10. The molecule has 2 amide bonds. The second-order valence-corrected chi connectivity index (χ2v) is 6.22. The van der Waals surface area contributed by atoms with Gasteiger partial charge in [-0.2, -0.15) is 0 Å². The molecule has 0 saturated heterocycles. The number of anilines is 1. The summed E-state index contributed by atoms with van der Waals surface area (Å²) in [5.41, 5.74) is 1.66. The first-order valence-electron chi connectivity index (χ1n) is 7.19. The number of hydrogen-bond donors (Lipinski definition) is 1. The SMILES string of the molecule is CCOc1ccc(NC(=O)N(C)Cc2ccccc2Br)cc1Cl. The van der Waals surface area contributed by atoms with E-state index in [4.69, 9.17) is 16.3 Å². The van der Waals surface area contributed by atoms with Crippen LogP contribution in [0.4, 0.5) is 10.5 Å². The van der Waals surface area contributed by atoms with E-state index in [-0.39, 0.29) is 6.03 Å². The topological polar surface area (TPSA) is 41.6 Å². The van der Waals surface area contributed by atoms with Gasteiger partial charge in [0.2, 0.25) is 0 Å². The quantitative estimate of drug-likeness (QED) is 0.756. The van der Waals surface area contributed by atoms with Crippen molar-refractivity contribution in [1.29, 1.82) is 0 Å². The Bertz CT molecular complexity index is 694. The molecule has 0 aliphatic carbocycles. The number of carbonyl (C=O) groups is 1. The molecule has 2 aromatic rings. The molecule has 0 aliphatic rings. The van der Waals surface area contributed by atoms with E-state index in [9.17, 15) is 4.79 Å². The molecule has 0 radical (unpaired) electrons. The molecule has 0 aromatic heterocycles. The van der Waals surface area contributed by atoms with Crippen LogP contribution in [0.2, 0.25) is 5.02 Å². The van der Waals surface area contributed by atoms with Crippen molar-refractivity contribution in [3.63, 3.8) is 0 Å². The molecule has 122 valence electrons. The van der Waals surface area contributed by atoms with Crippen LogP contribution in [0.15, 0.2) is 46.9 Å². The van der Waals surface area contributed by atoms with E-state index in [0.717, 1.165) is 10.0 Å². The van der Waals surface area contributed by atoms with Crippen LogP contribution in [0.25, 0.3) is 0 Å². The summed E-state index contributed by atoms with van der Waals surface area (Å²) in [5.74, 6) is 0.605. The first-order valence-corrected chi connectivity index (χ1v) is 8.36. The van der Waals surface area contributed by atoms with Crippen molar-refractivity contribution in [2.75, 3.05) is 19.0 Å². The lowest BCUT2D eigenvalue weighted by molar-refractivity contribution is 0.220. The molecule has 1 N–H and O–H groups in total. The van der Waals surface area contributed by atoms with Crippen LogP contribution in [0.3, 0.4) is 0 Å². The molecule has 23 heavy (non-hydrogen) atoms. The van der Waals surface area contributed by atoms with Crippen molar-refractivity contribution in [1.82, 2.24) is 4.90 Å². The Morgan fingerprint density at radius 3 is 2.70 bits per heavy atom. The zero-order chi connectivity index (χ0) is 16.8. The second kappa shape index (κ2) is 8.22. The number of nitrogens with one attached hydrogen (secondary N) is 1. The van der Waals surface area contributed by atoms with E-state index < -0.39 is 0 Å². The maximum Gasteiger partial charge on any atom is 0.321 e. The molecule has 0 atom stereocenters. The van der Waals surface area contributed by atoms with E-state index in [1.807, 2.05) is 31.2 Å². The van der Waals surface area contributed by atoms with Gasteiger partial charge in [-0.25, -0.2) is 4.79 Å². The van der Waals surface area contributed by atoms with Gasteiger partial charge in [-0.15, -0.1) is 0 Å². The zero-order valence-electron chi connectivity index (χ0n) is 13.0. The second-order valence-electron chi connectivity index (χ2n) is 4.96. The molecular weight excluding hydrogens is 380 g/mol. The number of hydrogen-bond acceptors (Lipinski definition) is 2. The number of carbonyl (C=O) groups excluding carboxylic acids is 1. The molecule has 0 bridgehead atoms. The lowest BCUT2D eigenvalue weighted by Crippen LogP contribution is -2.30. The maximum absolute atomic E-state index is 12.3. The third-order valence-electron chi connectivity index (χ3n) is 3.20. The number of rotatable bonds is 5. The normalized spacial score (nSPS) is 10.3. The van der Waals surface area contributed by atoms with Crippen molar-refractivity contribution in [3.8, 4) is 5.75 Å². The third kappa shape index (κ3) is 4.88. The lowest BCUT2D eigenvalue weighted by atomic mass is 10.2. The van der Waals surface area contributed by atoms with Crippen molar-refractivity contribution in [3.05, 3.63) is 57.5 Å². The van der Waals surface area contributed by atoms with Crippen LogP contribution in [0, 0.1) is 0 Å². The molecule has 6 heteroatoms. The molecule has 2 aromatic carbocycles. The number of halogens is 2. The summed E-state index contributed by atoms with van der Waals surface area (Å²) < 4.78 is 6.35. The fourth-order valence-electron chi connectivity index (χ4n) is 2.02. The summed E-state index contributed by atoms with van der Waals surface area (Å²) in [4.78, 5) is 13.9. The molecule has 0 aliphatic heterocycles. The number of benzene rings is 2. The minimum atomic E-state index is -0.207. The van der Waals surface area contributed by atoms with E-state index in [2.05, 4.69) is 21.2 Å². The monoisotopic (exact) mass is 396 g/mol. The predicted octanol–water partition coefficient (Wildman–Crippen LogP) is 5.17. The Balaban J connectivity index is 2.01. The fraction of sp³-hybridized carbons (Fsp3) is 0.235. The summed E-state index contributed by atoms with van der Waals surface area (Å²) in [6.45, 7) is 2.93. The van der Waals surface area contributed by atoms with Crippen molar-refractivity contribution in [2.45, 2.75) is 13.5 Å². The minimum Gasteiger partial charge on any atom is -0.492 e. The summed E-state index contributed by atoms with van der Waals surface area (Å²) in [6, 6.07) is 12.8. The Morgan fingerprint density at radius 1 is 1.30 bits per heavy atom. The predicted molar refractivity (Wildman–Crippen MR) is 97.2 cm³/mol. The molecule has 0 heterocycles. The summed E-state index contributed by atoms with van der Waals surface area (Å²) in [7, 11) is 1.74. The average molecular weight is 398 g/mol. The van der Waals surface area contributed by atoms with E-state index in [0.29, 0.717) is 29.6 Å². The summed E-state index contributed by atoms with van der Waals surface area (Å²) in [5, 5.41) is 3.29. The van der Waals surface area contributed by atoms with Crippen LogP contribution in [-0.2, 0) is 6.54 Å². The molecule has 4 nitrogen and oxygen atoms in total. The first-order chi connectivity index (χ1) is 11.0. The largest absolute Gasteiger partial charge is 0.492 e. The van der Waals surface area contributed by atoms with Crippen LogP contribution in [0.5, 0.6) is 5.75 Å². The van der Waals surface area contributed by atoms with Crippen LogP contribution in [0.1, 0.15) is 12.5 Å². The van der Waals surface area contributed by atoms with E-state index in [1.165, 1.54) is 0 Å². The Hall–Kier alpha value is -1.72. The Kier molecular flexibility index (Phi) is 6.30. The van der Waals surface area contributed by atoms with E-state index >= 15 is 0 Å². The van der Waals surface area contributed by atoms with Crippen LogP contribution < -0.4 is 10.1 Å². The zero-order valence-corrected chi connectivity index (χ0v) is 15.3.